The Morgan fingerprint density at radius 3 is 2.54 bits per heavy atom. The second-order valence-electron chi connectivity index (χ2n) is 5.11. The highest BCUT2D eigenvalue weighted by Crippen LogP contribution is 2.19. The summed E-state index contributed by atoms with van der Waals surface area (Å²) in [6, 6.07) is 5.91. The molecule has 1 aromatic heterocycles. The van der Waals surface area contributed by atoms with Crippen molar-refractivity contribution in [1.82, 2.24) is 4.98 Å². The average molecular weight is 373 g/mol. The largest absolute Gasteiger partial charge is 0.367 e. The molecule has 2 aromatic rings. The lowest BCUT2D eigenvalue weighted by molar-refractivity contribution is 0.509. The van der Waals surface area contributed by atoms with Crippen molar-refractivity contribution in [2.24, 2.45) is 0 Å². The van der Waals surface area contributed by atoms with Gasteiger partial charge in [-0.15, -0.1) is 0 Å². The van der Waals surface area contributed by atoms with Gasteiger partial charge in [-0.25, -0.2) is 22.2 Å². The molecule has 24 heavy (non-hydrogen) atoms. The highest BCUT2D eigenvalue weighted by molar-refractivity contribution is 7.98. The molecule has 2 rings (SSSR count). The number of thioether (sulfide) groups is 1. The molecule has 5 nitrogen and oxygen atoms in total. The Morgan fingerprint density at radius 1 is 1.21 bits per heavy atom. The Kier molecular flexibility index (Phi) is 6.00. The molecule has 0 aliphatic rings. The number of sulfonamides is 1. The summed E-state index contributed by atoms with van der Waals surface area (Å²) in [6.45, 7) is 1.99. The van der Waals surface area contributed by atoms with Crippen LogP contribution in [-0.2, 0) is 10.0 Å². The molecule has 0 spiro atoms. The van der Waals surface area contributed by atoms with E-state index in [0.717, 1.165) is 24.0 Å². The second-order valence-corrected chi connectivity index (χ2v) is 7.71. The third kappa shape index (κ3) is 4.81. The minimum absolute atomic E-state index is 0.0651. The number of rotatable bonds is 7. The first-order valence-corrected chi connectivity index (χ1v) is 9.89. The SMILES string of the molecule is CSCC(C)Nc1ccc(S(=O)(=O)Nc2ccc(F)c(F)c2)cn1. The van der Waals surface area contributed by atoms with Crippen molar-refractivity contribution in [3.63, 3.8) is 0 Å². The molecule has 0 saturated carbocycles. The lowest BCUT2D eigenvalue weighted by atomic mass is 10.3. The van der Waals surface area contributed by atoms with Crippen molar-refractivity contribution >= 4 is 33.3 Å². The van der Waals surface area contributed by atoms with Gasteiger partial charge in [0.1, 0.15) is 10.7 Å². The summed E-state index contributed by atoms with van der Waals surface area (Å²) in [5.74, 6) is -0.729. The van der Waals surface area contributed by atoms with Gasteiger partial charge in [-0.05, 0) is 37.4 Å². The Morgan fingerprint density at radius 2 is 1.96 bits per heavy atom. The third-order valence-electron chi connectivity index (χ3n) is 3.03. The first kappa shape index (κ1) is 18.5. The van der Waals surface area contributed by atoms with Crippen LogP contribution < -0.4 is 10.0 Å². The molecule has 0 fully saturated rings. The number of benzene rings is 1. The van der Waals surface area contributed by atoms with E-state index in [1.165, 1.54) is 12.3 Å². The number of hydrogen-bond acceptors (Lipinski definition) is 5. The number of halogens is 2. The minimum atomic E-state index is -3.93. The minimum Gasteiger partial charge on any atom is -0.367 e. The molecule has 1 heterocycles. The Balaban J connectivity index is 2.12. The summed E-state index contributed by atoms with van der Waals surface area (Å²) < 4.78 is 52.7. The Hall–Kier alpha value is -1.87. The van der Waals surface area contributed by atoms with Gasteiger partial charge in [-0.1, -0.05) is 0 Å². The van der Waals surface area contributed by atoms with Crippen molar-refractivity contribution in [3.8, 4) is 0 Å². The number of nitrogens with zero attached hydrogens (tertiary/aromatic N) is 1. The van der Waals surface area contributed by atoms with Gasteiger partial charge >= 0.3 is 0 Å². The third-order valence-corrected chi connectivity index (χ3v) is 5.23. The molecule has 0 aliphatic heterocycles. The highest BCUT2D eigenvalue weighted by atomic mass is 32.2. The molecular weight excluding hydrogens is 356 g/mol. The van der Waals surface area contributed by atoms with Crippen LogP contribution in [0.2, 0.25) is 0 Å². The molecule has 1 atom stereocenters. The van der Waals surface area contributed by atoms with Crippen LogP contribution in [0.15, 0.2) is 41.4 Å². The van der Waals surface area contributed by atoms with Crippen molar-refractivity contribution in [1.29, 1.82) is 0 Å². The summed E-state index contributed by atoms with van der Waals surface area (Å²) in [7, 11) is -3.93. The summed E-state index contributed by atoms with van der Waals surface area (Å²) in [5, 5.41) is 3.15. The van der Waals surface area contributed by atoms with Crippen LogP contribution in [0.3, 0.4) is 0 Å². The molecule has 0 bridgehead atoms. The van der Waals surface area contributed by atoms with E-state index in [0.29, 0.717) is 5.82 Å². The maximum absolute atomic E-state index is 13.2. The van der Waals surface area contributed by atoms with Gasteiger partial charge in [-0.2, -0.15) is 11.8 Å². The monoisotopic (exact) mass is 373 g/mol. The van der Waals surface area contributed by atoms with Gasteiger partial charge in [0.2, 0.25) is 0 Å². The van der Waals surface area contributed by atoms with E-state index in [-0.39, 0.29) is 16.6 Å². The quantitative estimate of drug-likeness (QED) is 0.779. The Labute approximate surface area is 143 Å². The first-order chi connectivity index (χ1) is 11.3. The fraction of sp³-hybridized carbons (Fsp3) is 0.267. The summed E-state index contributed by atoms with van der Waals surface area (Å²) >= 11 is 1.69. The standard InChI is InChI=1S/C15H17F2N3O2S2/c1-10(9-23-2)19-15-6-4-12(8-18-15)24(21,22)20-11-3-5-13(16)14(17)7-11/h3-8,10,20H,9H2,1-2H3,(H,18,19). The second kappa shape index (κ2) is 7.80. The zero-order valence-corrected chi connectivity index (χ0v) is 14.7. The number of nitrogens with one attached hydrogen (secondary N) is 2. The molecule has 9 heteroatoms. The van der Waals surface area contributed by atoms with E-state index in [2.05, 4.69) is 15.0 Å². The maximum Gasteiger partial charge on any atom is 0.263 e. The van der Waals surface area contributed by atoms with Crippen LogP contribution >= 0.6 is 11.8 Å². The van der Waals surface area contributed by atoms with Crippen LogP contribution in [0.5, 0.6) is 0 Å². The zero-order valence-electron chi connectivity index (χ0n) is 13.1. The van der Waals surface area contributed by atoms with E-state index in [4.69, 9.17) is 0 Å². The van der Waals surface area contributed by atoms with Gasteiger partial charge in [0, 0.05) is 24.1 Å². The molecule has 0 saturated heterocycles. The van der Waals surface area contributed by atoms with Gasteiger partial charge < -0.3 is 5.32 Å². The molecule has 0 aliphatic carbocycles. The van der Waals surface area contributed by atoms with Gasteiger partial charge in [0.25, 0.3) is 10.0 Å². The summed E-state index contributed by atoms with van der Waals surface area (Å²) in [4.78, 5) is 3.99. The van der Waals surface area contributed by atoms with Gasteiger partial charge in [0.15, 0.2) is 11.6 Å². The van der Waals surface area contributed by atoms with E-state index in [1.54, 1.807) is 17.8 Å². The normalized spacial score (nSPS) is 12.7. The van der Waals surface area contributed by atoms with Crippen LogP contribution in [-0.4, -0.2) is 31.5 Å². The van der Waals surface area contributed by atoms with Crippen molar-refractivity contribution in [2.45, 2.75) is 17.9 Å². The lowest BCUT2D eigenvalue weighted by Gasteiger charge is -2.13. The van der Waals surface area contributed by atoms with E-state index in [9.17, 15) is 17.2 Å². The molecule has 1 aromatic carbocycles. The average Bonchev–Trinajstić information content (AvgIpc) is 2.51. The number of aromatic nitrogens is 1. The molecule has 1 unspecified atom stereocenters. The van der Waals surface area contributed by atoms with E-state index < -0.39 is 21.7 Å². The molecular formula is C15H17F2N3O2S2. The maximum atomic E-state index is 13.2. The fourth-order valence-corrected chi connectivity index (χ4v) is 3.52. The van der Waals surface area contributed by atoms with Crippen molar-refractivity contribution < 1.29 is 17.2 Å². The van der Waals surface area contributed by atoms with Crippen molar-refractivity contribution in [2.75, 3.05) is 22.0 Å². The summed E-state index contributed by atoms with van der Waals surface area (Å²) in [5.41, 5.74) is -0.0651. The Bertz CT molecular complexity index is 799. The number of anilines is 2. The van der Waals surface area contributed by atoms with E-state index in [1.807, 2.05) is 13.2 Å². The van der Waals surface area contributed by atoms with Gasteiger partial charge in [-0.3, -0.25) is 4.72 Å². The topological polar surface area (TPSA) is 71.1 Å². The molecule has 2 N–H and O–H groups in total. The number of hydrogen-bond donors (Lipinski definition) is 2. The zero-order chi connectivity index (χ0) is 17.7. The predicted molar refractivity (Wildman–Crippen MR) is 92.9 cm³/mol. The molecule has 0 radical (unpaired) electrons. The molecule has 130 valence electrons. The van der Waals surface area contributed by atoms with Crippen LogP contribution in [0.1, 0.15) is 6.92 Å². The van der Waals surface area contributed by atoms with Gasteiger partial charge in [0.05, 0.1) is 5.69 Å². The fourth-order valence-electron chi connectivity index (χ4n) is 1.94. The lowest BCUT2D eigenvalue weighted by Crippen LogP contribution is -2.19. The van der Waals surface area contributed by atoms with Crippen LogP contribution in [0.25, 0.3) is 0 Å². The first-order valence-electron chi connectivity index (χ1n) is 7.01. The van der Waals surface area contributed by atoms with Crippen LogP contribution in [0, 0.1) is 11.6 Å². The van der Waals surface area contributed by atoms with Crippen molar-refractivity contribution in [3.05, 3.63) is 48.2 Å². The summed E-state index contributed by atoms with van der Waals surface area (Å²) in [6.07, 6.45) is 3.20. The molecule has 0 amide bonds. The van der Waals surface area contributed by atoms with Crippen LogP contribution in [0.4, 0.5) is 20.3 Å². The van der Waals surface area contributed by atoms with E-state index >= 15 is 0 Å². The highest BCUT2D eigenvalue weighted by Gasteiger charge is 2.16. The predicted octanol–water partition coefficient (Wildman–Crippen LogP) is 3.32. The number of pyridine rings is 1. The smallest absolute Gasteiger partial charge is 0.263 e.